The van der Waals surface area contributed by atoms with Crippen molar-refractivity contribution in [3.63, 3.8) is 0 Å². The molecule has 1 heterocycles. The molecule has 1 aromatic carbocycles. The van der Waals surface area contributed by atoms with Gasteiger partial charge >= 0.3 is 5.97 Å². The van der Waals surface area contributed by atoms with E-state index in [9.17, 15) is 18.3 Å². The Kier molecular flexibility index (Phi) is 4.13. The van der Waals surface area contributed by atoms with Crippen molar-refractivity contribution in [2.45, 2.75) is 38.0 Å². The van der Waals surface area contributed by atoms with Crippen LogP contribution in [0.15, 0.2) is 29.2 Å². The van der Waals surface area contributed by atoms with Gasteiger partial charge in [0, 0.05) is 13.1 Å². The quantitative estimate of drug-likeness (QED) is 0.926. The molecule has 5 nitrogen and oxygen atoms in total. The molecule has 0 saturated carbocycles. The number of hydrogen-bond donors (Lipinski definition) is 1. The average Bonchev–Trinajstić information content (AvgIpc) is 2.84. The van der Waals surface area contributed by atoms with Crippen LogP contribution in [0.5, 0.6) is 0 Å². The molecule has 0 radical (unpaired) electrons. The first-order chi connectivity index (χ1) is 9.67. The summed E-state index contributed by atoms with van der Waals surface area (Å²) in [6.07, 6.45) is 0.339. The molecule has 0 spiro atoms. The van der Waals surface area contributed by atoms with Crippen LogP contribution in [-0.2, 0) is 14.8 Å². The largest absolute Gasteiger partial charge is 0.481 e. The second-order valence-corrected chi connectivity index (χ2v) is 8.12. The highest BCUT2D eigenvalue weighted by molar-refractivity contribution is 7.89. The zero-order valence-electron chi connectivity index (χ0n) is 12.5. The SMILES string of the molecule is CC(C)c1cccc(S(=O)(=O)N2CCC(C)(C(=O)O)C2)c1. The highest BCUT2D eigenvalue weighted by atomic mass is 32.2. The van der Waals surface area contributed by atoms with E-state index < -0.39 is 21.4 Å². The van der Waals surface area contributed by atoms with Gasteiger partial charge in [-0.2, -0.15) is 4.31 Å². The van der Waals surface area contributed by atoms with Gasteiger partial charge in [-0.15, -0.1) is 0 Å². The number of nitrogens with zero attached hydrogens (tertiary/aromatic N) is 1. The number of rotatable bonds is 4. The molecule has 21 heavy (non-hydrogen) atoms. The van der Waals surface area contributed by atoms with Gasteiger partial charge in [-0.05, 0) is 37.0 Å². The Morgan fingerprint density at radius 2 is 2.05 bits per heavy atom. The van der Waals surface area contributed by atoms with Crippen LogP contribution in [0, 0.1) is 5.41 Å². The molecule has 0 amide bonds. The lowest BCUT2D eigenvalue weighted by Crippen LogP contribution is -2.34. The summed E-state index contributed by atoms with van der Waals surface area (Å²) in [6.45, 7) is 5.87. The summed E-state index contributed by atoms with van der Waals surface area (Å²) in [5.41, 5.74) is -0.0424. The molecule has 0 aliphatic carbocycles. The van der Waals surface area contributed by atoms with Gasteiger partial charge < -0.3 is 5.11 Å². The van der Waals surface area contributed by atoms with Crippen LogP contribution in [0.1, 0.15) is 38.7 Å². The molecule has 1 saturated heterocycles. The van der Waals surface area contributed by atoms with E-state index >= 15 is 0 Å². The van der Waals surface area contributed by atoms with Crippen LogP contribution in [0.2, 0.25) is 0 Å². The van der Waals surface area contributed by atoms with Crippen LogP contribution in [0.25, 0.3) is 0 Å². The number of carbonyl (C=O) groups is 1. The lowest BCUT2D eigenvalue weighted by atomic mass is 9.90. The van der Waals surface area contributed by atoms with Crippen molar-refractivity contribution >= 4 is 16.0 Å². The van der Waals surface area contributed by atoms with Gasteiger partial charge in [-0.25, -0.2) is 8.42 Å². The smallest absolute Gasteiger partial charge is 0.310 e. The monoisotopic (exact) mass is 311 g/mol. The van der Waals surface area contributed by atoms with Gasteiger partial charge in [0.25, 0.3) is 0 Å². The highest BCUT2D eigenvalue weighted by Crippen LogP contribution is 2.34. The van der Waals surface area contributed by atoms with E-state index in [-0.39, 0.29) is 23.9 Å². The van der Waals surface area contributed by atoms with Crippen molar-refractivity contribution in [1.29, 1.82) is 0 Å². The lowest BCUT2D eigenvalue weighted by molar-refractivity contribution is -0.146. The molecule has 1 unspecified atom stereocenters. The van der Waals surface area contributed by atoms with Gasteiger partial charge in [0.05, 0.1) is 10.3 Å². The minimum absolute atomic E-state index is 0.0244. The molecule has 1 fully saturated rings. The number of carboxylic acids is 1. The van der Waals surface area contributed by atoms with Gasteiger partial charge in [0.1, 0.15) is 0 Å². The molecule has 1 aromatic rings. The minimum Gasteiger partial charge on any atom is -0.481 e. The zero-order valence-corrected chi connectivity index (χ0v) is 13.4. The fourth-order valence-corrected chi connectivity index (χ4v) is 4.10. The first-order valence-corrected chi connectivity index (χ1v) is 8.44. The topological polar surface area (TPSA) is 74.7 Å². The maximum Gasteiger partial charge on any atom is 0.310 e. The molecule has 0 bridgehead atoms. The van der Waals surface area contributed by atoms with Crippen molar-refractivity contribution in [2.75, 3.05) is 13.1 Å². The molecule has 1 aliphatic heterocycles. The van der Waals surface area contributed by atoms with Gasteiger partial charge in [-0.3, -0.25) is 4.79 Å². The predicted octanol–water partition coefficient (Wildman–Crippen LogP) is 2.30. The van der Waals surface area contributed by atoms with Gasteiger partial charge in [0.2, 0.25) is 10.0 Å². The normalized spacial score (nSPS) is 23.6. The zero-order chi connectivity index (χ0) is 15.8. The molecule has 0 aromatic heterocycles. The van der Waals surface area contributed by atoms with E-state index in [4.69, 9.17) is 0 Å². The molecular formula is C15H21NO4S. The van der Waals surface area contributed by atoms with E-state index in [1.54, 1.807) is 25.1 Å². The van der Waals surface area contributed by atoms with Gasteiger partial charge in [0.15, 0.2) is 0 Å². The van der Waals surface area contributed by atoms with E-state index in [2.05, 4.69) is 0 Å². The summed E-state index contributed by atoms with van der Waals surface area (Å²) in [5.74, 6) is -0.709. The minimum atomic E-state index is -3.63. The molecule has 116 valence electrons. The number of carboxylic acid groups (broad SMARTS) is 1. The van der Waals surface area contributed by atoms with Crippen LogP contribution in [0.3, 0.4) is 0 Å². The van der Waals surface area contributed by atoms with Crippen LogP contribution < -0.4 is 0 Å². The molecule has 1 aliphatic rings. The number of hydrogen-bond acceptors (Lipinski definition) is 3. The fraction of sp³-hybridized carbons (Fsp3) is 0.533. The van der Waals surface area contributed by atoms with Crippen molar-refractivity contribution in [3.05, 3.63) is 29.8 Å². The maximum absolute atomic E-state index is 12.7. The lowest BCUT2D eigenvalue weighted by Gasteiger charge is -2.20. The van der Waals surface area contributed by atoms with E-state index in [1.165, 1.54) is 4.31 Å². The summed E-state index contributed by atoms with van der Waals surface area (Å²) in [4.78, 5) is 11.5. The Morgan fingerprint density at radius 1 is 1.38 bits per heavy atom. The Labute approximate surface area is 125 Å². The maximum atomic E-state index is 12.7. The predicted molar refractivity (Wildman–Crippen MR) is 79.6 cm³/mol. The number of sulfonamides is 1. The summed E-state index contributed by atoms with van der Waals surface area (Å²) in [7, 11) is -3.63. The average molecular weight is 311 g/mol. The second kappa shape index (κ2) is 5.42. The van der Waals surface area contributed by atoms with E-state index in [0.717, 1.165) is 5.56 Å². The Morgan fingerprint density at radius 3 is 2.57 bits per heavy atom. The third-order valence-corrected chi connectivity index (χ3v) is 5.96. The van der Waals surface area contributed by atoms with Crippen LogP contribution in [0.4, 0.5) is 0 Å². The van der Waals surface area contributed by atoms with Crippen LogP contribution >= 0.6 is 0 Å². The number of benzene rings is 1. The molecule has 2 rings (SSSR count). The molecule has 1 N–H and O–H groups in total. The first-order valence-electron chi connectivity index (χ1n) is 7.00. The second-order valence-electron chi connectivity index (χ2n) is 6.18. The third-order valence-electron chi connectivity index (χ3n) is 4.12. The Hall–Kier alpha value is -1.40. The van der Waals surface area contributed by atoms with Crippen molar-refractivity contribution < 1.29 is 18.3 Å². The van der Waals surface area contributed by atoms with E-state index in [1.807, 2.05) is 19.9 Å². The fourth-order valence-electron chi connectivity index (χ4n) is 2.48. The third kappa shape index (κ3) is 2.96. The van der Waals surface area contributed by atoms with Crippen LogP contribution in [-0.4, -0.2) is 36.9 Å². The summed E-state index contributed by atoms with van der Waals surface area (Å²) in [6, 6.07) is 6.87. The standard InChI is InChI=1S/C15H21NO4S/c1-11(2)12-5-4-6-13(9-12)21(19,20)16-8-7-15(3,10-16)14(17)18/h4-6,9,11H,7-8,10H2,1-3H3,(H,17,18). The Bertz CT molecular complexity index is 653. The summed E-state index contributed by atoms with van der Waals surface area (Å²) < 4.78 is 26.6. The van der Waals surface area contributed by atoms with Crippen molar-refractivity contribution in [3.8, 4) is 0 Å². The van der Waals surface area contributed by atoms with Crippen molar-refractivity contribution in [1.82, 2.24) is 4.31 Å². The summed E-state index contributed by atoms with van der Waals surface area (Å²) >= 11 is 0. The van der Waals surface area contributed by atoms with Gasteiger partial charge in [-0.1, -0.05) is 26.0 Å². The molecule has 1 atom stereocenters. The first kappa shape index (κ1) is 16.0. The van der Waals surface area contributed by atoms with E-state index in [0.29, 0.717) is 6.42 Å². The molecular weight excluding hydrogens is 290 g/mol. The Balaban J connectivity index is 2.32. The molecule has 6 heteroatoms. The number of aliphatic carboxylic acids is 1. The summed E-state index contributed by atoms with van der Waals surface area (Å²) in [5, 5.41) is 9.22. The highest BCUT2D eigenvalue weighted by Gasteiger charge is 2.44. The van der Waals surface area contributed by atoms with Crippen molar-refractivity contribution in [2.24, 2.45) is 5.41 Å².